The number of carbonyl (C=O) groups is 1. The van der Waals surface area contributed by atoms with Gasteiger partial charge < -0.3 is 27.0 Å². The normalized spacial score (nSPS) is 17.3. The van der Waals surface area contributed by atoms with E-state index in [4.69, 9.17) is 11.5 Å². The second-order valence-corrected chi connectivity index (χ2v) is 9.03. The van der Waals surface area contributed by atoms with Gasteiger partial charge in [0, 0.05) is 37.3 Å². The summed E-state index contributed by atoms with van der Waals surface area (Å²) in [5, 5.41) is 6.08. The third kappa shape index (κ3) is 4.41. The minimum absolute atomic E-state index is 0.00435. The monoisotopic (exact) mass is 497 g/mol. The molecule has 1 atom stereocenters. The third-order valence-corrected chi connectivity index (χ3v) is 6.49. The van der Waals surface area contributed by atoms with Crippen molar-refractivity contribution in [2.45, 2.75) is 31.7 Å². The predicted octanol–water partition coefficient (Wildman–Crippen LogP) is 3.68. The highest BCUT2D eigenvalue weighted by Gasteiger charge is 2.28. The minimum atomic E-state index is -1.04. The molecule has 5 rings (SSSR count). The number of hydrogen-bond acceptors (Lipinski definition) is 7. The highest BCUT2D eigenvalue weighted by atomic mass is 19.1. The van der Waals surface area contributed by atoms with E-state index < -0.39 is 34.6 Å². The lowest BCUT2D eigenvalue weighted by molar-refractivity contribution is 0.102. The molecule has 11 heteroatoms. The van der Waals surface area contributed by atoms with Crippen molar-refractivity contribution in [1.29, 1.82) is 0 Å². The molecule has 8 nitrogen and oxygen atoms in total. The van der Waals surface area contributed by atoms with Gasteiger partial charge in [0.15, 0.2) is 11.5 Å². The van der Waals surface area contributed by atoms with Gasteiger partial charge in [0.1, 0.15) is 23.1 Å². The number of amides is 1. The molecule has 0 saturated carbocycles. The van der Waals surface area contributed by atoms with Gasteiger partial charge in [0.25, 0.3) is 5.91 Å². The summed E-state index contributed by atoms with van der Waals surface area (Å²) in [5.74, 6) is -3.05. The van der Waals surface area contributed by atoms with Crippen LogP contribution in [-0.4, -0.2) is 41.6 Å². The Labute approximate surface area is 205 Å². The van der Waals surface area contributed by atoms with Crippen LogP contribution in [0.4, 0.5) is 36.1 Å². The lowest BCUT2D eigenvalue weighted by Gasteiger charge is -2.36. The number of rotatable bonds is 4. The number of nitrogen functional groups attached to an aromatic ring is 1. The zero-order chi connectivity index (χ0) is 25.4. The van der Waals surface area contributed by atoms with Crippen molar-refractivity contribution in [2.24, 2.45) is 5.73 Å². The molecule has 3 aromatic rings. The first-order chi connectivity index (χ1) is 17.3. The maximum Gasteiger partial charge on any atom is 0.276 e. The molecule has 0 spiro atoms. The molecule has 0 aliphatic carbocycles. The summed E-state index contributed by atoms with van der Waals surface area (Å²) in [7, 11) is 0. The molecule has 6 N–H and O–H groups in total. The number of anilines is 4. The standard InChI is InChI=1S/C25H26F3N7O/c26-15-6-1-7-16(27)20(15)21-17(28)10-18(30)22(34-21)25(36)33-19-11-32-24-14(5-2-8-31-24)23(19)35-9-3-4-13(29)12-35/h1,6-7,10-11,13H,2-5,8-9,12,29-30H2,(H,31,32)(H,33,36). The second-order valence-electron chi connectivity index (χ2n) is 9.03. The molecule has 1 fully saturated rings. The summed E-state index contributed by atoms with van der Waals surface area (Å²) in [5.41, 5.74) is 12.4. The van der Waals surface area contributed by atoms with Crippen LogP contribution in [0.3, 0.4) is 0 Å². The fraction of sp³-hybridized carbons (Fsp3) is 0.320. The van der Waals surface area contributed by atoms with Gasteiger partial charge in [0.2, 0.25) is 0 Å². The number of hydrogen-bond donors (Lipinski definition) is 4. The Morgan fingerprint density at radius 1 is 1.17 bits per heavy atom. The largest absolute Gasteiger partial charge is 0.397 e. The van der Waals surface area contributed by atoms with Crippen LogP contribution in [0.1, 0.15) is 35.3 Å². The number of nitrogens with one attached hydrogen (secondary N) is 2. The molecule has 2 aliphatic heterocycles. The Bertz CT molecular complexity index is 1310. The summed E-state index contributed by atoms with van der Waals surface area (Å²) >= 11 is 0. The Morgan fingerprint density at radius 2 is 1.94 bits per heavy atom. The van der Waals surface area contributed by atoms with Crippen LogP contribution in [-0.2, 0) is 6.42 Å². The van der Waals surface area contributed by atoms with Gasteiger partial charge >= 0.3 is 0 Å². The molecule has 1 saturated heterocycles. The van der Waals surface area contributed by atoms with Gasteiger partial charge in [-0.3, -0.25) is 4.79 Å². The smallest absolute Gasteiger partial charge is 0.276 e. The highest BCUT2D eigenvalue weighted by molar-refractivity contribution is 6.08. The summed E-state index contributed by atoms with van der Waals surface area (Å²) in [6.45, 7) is 2.18. The lowest BCUT2D eigenvalue weighted by atomic mass is 10.00. The molecule has 0 bridgehead atoms. The molecule has 188 valence electrons. The fourth-order valence-corrected chi connectivity index (χ4v) is 4.84. The zero-order valence-electron chi connectivity index (χ0n) is 19.5. The van der Waals surface area contributed by atoms with E-state index in [9.17, 15) is 18.0 Å². The third-order valence-electron chi connectivity index (χ3n) is 6.49. The first-order valence-corrected chi connectivity index (χ1v) is 11.8. The molecule has 1 amide bonds. The van der Waals surface area contributed by atoms with E-state index >= 15 is 0 Å². The first-order valence-electron chi connectivity index (χ1n) is 11.8. The van der Waals surface area contributed by atoms with E-state index in [0.29, 0.717) is 12.2 Å². The van der Waals surface area contributed by atoms with E-state index in [1.54, 1.807) is 6.20 Å². The number of nitrogens with two attached hydrogens (primary N) is 2. The molecular formula is C25H26F3N7O. The number of piperidine rings is 1. The molecule has 4 heterocycles. The Hall–Kier alpha value is -3.86. The quantitative estimate of drug-likeness (QED) is 0.434. The summed E-state index contributed by atoms with van der Waals surface area (Å²) in [6, 6.07) is 3.96. The van der Waals surface area contributed by atoms with Crippen molar-refractivity contribution in [3.05, 3.63) is 59.2 Å². The number of carbonyl (C=O) groups excluding carboxylic acids is 1. The van der Waals surface area contributed by atoms with Gasteiger partial charge in [-0.1, -0.05) is 6.07 Å². The van der Waals surface area contributed by atoms with E-state index in [2.05, 4.69) is 25.5 Å². The Balaban J connectivity index is 1.54. The van der Waals surface area contributed by atoms with E-state index in [1.165, 1.54) is 0 Å². The molecular weight excluding hydrogens is 471 g/mol. The van der Waals surface area contributed by atoms with Crippen LogP contribution < -0.4 is 27.0 Å². The molecule has 2 aliphatic rings. The Morgan fingerprint density at radius 3 is 2.69 bits per heavy atom. The van der Waals surface area contributed by atoms with Crippen LogP contribution in [0.2, 0.25) is 0 Å². The molecule has 2 aromatic heterocycles. The number of halogens is 3. The van der Waals surface area contributed by atoms with Gasteiger partial charge in [0.05, 0.1) is 28.8 Å². The maximum atomic E-state index is 14.7. The first kappa shape index (κ1) is 23.9. The van der Waals surface area contributed by atoms with Crippen LogP contribution in [0, 0.1) is 17.5 Å². The van der Waals surface area contributed by atoms with Crippen LogP contribution >= 0.6 is 0 Å². The van der Waals surface area contributed by atoms with Gasteiger partial charge in [-0.15, -0.1) is 0 Å². The zero-order valence-corrected chi connectivity index (χ0v) is 19.5. The number of aromatic nitrogens is 2. The fourth-order valence-electron chi connectivity index (χ4n) is 4.84. The molecule has 1 unspecified atom stereocenters. The van der Waals surface area contributed by atoms with Crippen LogP contribution in [0.25, 0.3) is 11.3 Å². The average Bonchev–Trinajstić information content (AvgIpc) is 2.85. The van der Waals surface area contributed by atoms with Crippen molar-refractivity contribution in [3.63, 3.8) is 0 Å². The molecule has 0 radical (unpaired) electrons. The maximum absolute atomic E-state index is 14.7. The number of fused-ring (bicyclic) bond motifs is 1. The topological polar surface area (TPSA) is 122 Å². The molecule has 1 aromatic carbocycles. The van der Waals surface area contributed by atoms with E-state index in [1.807, 2.05) is 0 Å². The van der Waals surface area contributed by atoms with Gasteiger partial charge in [-0.25, -0.2) is 23.1 Å². The highest BCUT2D eigenvalue weighted by Crippen LogP contribution is 2.38. The summed E-state index contributed by atoms with van der Waals surface area (Å²) in [6.07, 6.45) is 5.04. The number of pyridine rings is 2. The van der Waals surface area contributed by atoms with E-state index in [0.717, 1.165) is 80.1 Å². The van der Waals surface area contributed by atoms with Crippen LogP contribution in [0.5, 0.6) is 0 Å². The van der Waals surface area contributed by atoms with Crippen molar-refractivity contribution in [2.75, 3.05) is 40.9 Å². The minimum Gasteiger partial charge on any atom is -0.397 e. The van der Waals surface area contributed by atoms with Gasteiger partial charge in [-0.2, -0.15) is 0 Å². The number of benzene rings is 1. The number of nitrogens with zero attached hydrogens (tertiary/aromatic N) is 3. The van der Waals surface area contributed by atoms with Crippen molar-refractivity contribution >= 4 is 28.8 Å². The predicted molar refractivity (Wildman–Crippen MR) is 132 cm³/mol. The van der Waals surface area contributed by atoms with Crippen molar-refractivity contribution in [1.82, 2.24) is 9.97 Å². The SMILES string of the molecule is Nc1cc(F)c(-c2c(F)cccc2F)nc1C(=O)Nc1cnc2c(c1N1CCCC(N)C1)CCCN2. The van der Waals surface area contributed by atoms with Crippen molar-refractivity contribution in [3.8, 4) is 11.3 Å². The van der Waals surface area contributed by atoms with Gasteiger partial charge in [-0.05, 0) is 37.8 Å². The lowest BCUT2D eigenvalue weighted by Crippen LogP contribution is -2.43. The Kier molecular flexibility index (Phi) is 6.40. The van der Waals surface area contributed by atoms with Crippen LogP contribution in [0.15, 0.2) is 30.5 Å². The van der Waals surface area contributed by atoms with E-state index in [-0.39, 0.29) is 17.4 Å². The average molecular weight is 498 g/mol. The molecule has 36 heavy (non-hydrogen) atoms. The second kappa shape index (κ2) is 9.65. The summed E-state index contributed by atoms with van der Waals surface area (Å²) < 4.78 is 43.3. The van der Waals surface area contributed by atoms with Crippen molar-refractivity contribution < 1.29 is 18.0 Å². The summed E-state index contributed by atoms with van der Waals surface area (Å²) in [4.78, 5) is 23.9.